The van der Waals surface area contributed by atoms with Crippen molar-refractivity contribution in [1.29, 1.82) is 0 Å². The molecular weight excluding hydrogens is 657 g/mol. The van der Waals surface area contributed by atoms with E-state index in [1.54, 1.807) is 33.0 Å². The molecule has 1 fully saturated rings. The van der Waals surface area contributed by atoms with Gasteiger partial charge in [0, 0.05) is 7.05 Å². The van der Waals surface area contributed by atoms with Crippen LogP contribution < -0.4 is 11.1 Å². The second-order valence-corrected chi connectivity index (χ2v) is 9.37. The van der Waals surface area contributed by atoms with Gasteiger partial charge in [0.25, 0.3) is 0 Å². The molecule has 19 heteroatoms. The van der Waals surface area contributed by atoms with Crippen LogP contribution in [0.15, 0.2) is 12.3 Å². The van der Waals surface area contributed by atoms with Crippen LogP contribution in [0.2, 0.25) is 0 Å². The van der Waals surface area contributed by atoms with Crippen LogP contribution in [0, 0.1) is 0 Å². The van der Waals surface area contributed by atoms with E-state index in [4.69, 9.17) is 37.4 Å². The van der Waals surface area contributed by atoms with E-state index in [1.165, 1.54) is 7.05 Å². The van der Waals surface area contributed by atoms with E-state index in [0.29, 0.717) is 19.2 Å². The fourth-order valence-corrected chi connectivity index (χ4v) is 3.42. The number of nitrogens with zero attached hydrogens (tertiary/aromatic N) is 1. The molecule has 0 saturated carbocycles. The molecule has 2 amide bonds. The minimum absolute atomic E-state index is 0.121. The van der Waals surface area contributed by atoms with E-state index in [0.717, 1.165) is 6.42 Å². The van der Waals surface area contributed by atoms with Gasteiger partial charge in [-0.25, -0.2) is 23.2 Å². The maximum Gasteiger partial charge on any atom is 0.510 e. The van der Waals surface area contributed by atoms with Gasteiger partial charge in [-0.05, 0) is 60.7 Å². The van der Waals surface area contributed by atoms with Crippen LogP contribution in [0.3, 0.4) is 0 Å². The number of phosphoric ester groups is 1. The Kier molecular flexibility index (Phi) is 44.5. The zero-order valence-electron chi connectivity index (χ0n) is 28.3. The SMILES string of the molecule is C/C=C\N(C)C1CCC(COP(=O)(OCOC(=O)OC(C)C)OCOC(=O)OC(C)C)O1.CC.CC.CN.O=CNC=O.SS. The molecule has 0 aliphatic carbocycles. The number of hydrogen-bond donors (Lipinski definition) is 4. The molecule has 0 bridgehead atoms. The molecule has 270 valence electrons. The predicted octanol–water partition coefficient (Wildman–Crippen LogP) is 5.43. The third kappa shape index (κ3) is 34.7. The number of amides is 2. The normalized spacial score (nSPS) is 14.6. The van der Waals surface area contributed by atoms with E-state index in [1.807, 2.05) is 58.8 Å². The fourth-order valence-electron chi connectivity index (χ4n) is 2.49. The first-order chi connectivity index (χ1) is 21.5. The standard InChI is InChI=1S/C19H34NO11P.C2H3NO2.2C2H6.CH5N.H2S2/c1-7-10-20(6)17-9-8-16(31-17)11-26-32(23,27-12-24-18(21)29-14(2)3)28-13-25-19(22)30-15(4)5;4-1-3-2-5;4*1-2/h7,10,14-17H,8-9,11-13H2,1-6H3;1-2H,(H,3,4,5);2*1-2H3;2H2,1H3;1-2H/b10-7-;;;;;. The monoisotopic (exact) mass is 713 g/mol. The Morgan fingerprint density at radius 3 is 1.67 bits per heavy atom. The van der Waals surface area contributed by atoms with Crippen molar-refractivity contribution in [3.05, 3.63) is 12.3 Å². The number of nitrogens with two attached hydrogens (primary N) is 1. The number of rotatable bonds is 15. The Morgan fingerprint density at radius 2 is 1.33 bits per heavy atom. The van der Waals surface area contributed by atoms with Crippen LogP contribution in [0.5, 0.6) is 0 Å². The molecule has 0 aromatic rings. The van der Waals surface area contributed by atoms with Crippen LogP contribution in [-0.2, 0) is 51.4 Å². The molecule has 3 N–H and O–H groups in total. The second kappa shape index (κ2) is 38.1. The first-order valence-corrected chi connectivity index (χ1v) is 17.1. The third-order valence-electron chi connectivity index (χ3n) is 3.92. The van der Waals surface area contributed by atoms with E-state index in [-0.39, 0.29) is 18.9 Å². The molecule has 1 rings (SSSR count). The highest BCUT2D eigenvalue weighted by Crippen LogP contribution is 2.50. The lowest BCUT2D eigenvalue weighted by Gasteiger charge is -2.23. The smallest absolute Gasteiger partial charge is 0.432 e. The van der Waals surface area contributed by atoms with Crippen molar-refractivity contribution in [2.75, 3.05) is 34.3 Å². The van der Waals surface area contributed by atoms with E-state index in [2.05, 4.69) is 38.5 Å². The summed E-state index contributed by atoms with van der Waals surface area (Å²) in [6.45, 7) is 14.8. The molecule has 1 heterocycles. The van der Waals surface area contributed by atoms with Gasteiger partial charge in [-0.15, -0.1) is 23.3 Å². The van der Waals surface area contributed by atoms with Gasteiger partial charge >= 0.3 is 20.1 Å². The van der Waals surface area contributed by atoms with Crippen molar-refractivity contribution in [3.63, 3.8) is 0 Å². The summed E-state index contributed by atoms with van der Waals surface area (Å²) < 4.78 is 53.0. The van der Waals surface area contributed by atoms with Crippen LogP contribution in [0.1, 0.15) is 75.2 Å². The van der Waals surface area contributed by atoms with Crippen molar-refractivity contribution in [2.45, 2.75) is 99.7 Å². The summed E-state index contributed by atoms with van der Waals surface area (Å²) in [5.41, 5.74) is 4.50. The topological polar surface area (TPSA) is 200 Å². The number of thiol groups is 2. The molecule has 45 heavy (non-hydrogen) atoms. The average molecular weight is 714 g/mol. The van der Waals surface area contributed by atoms with Gasteiger partial charge in [-0.3, -0.25) is 14.1 Å². The lowest BCUT2D eigenvalue weighted by atomic mass is 10.2. The van der Waals surface area contributed by atoms with Crippen molar-refractivity contribution in [1.82, 2.24) is 10.2 Å². The van der Waals surface area contributed by atoms with Gasteiger partial charge in [0.15, 0.2) is 0 Å². The summed E-state index contributed by atoms with van der Waals surface area (Å²) in [4.78, 5) is 42.9. The lowest BCUT2D eigenvalue weighted by Crippen LogP contribution is -2.28. The summed E-state index contributed by atoms with van der Waals surface area (Å²) >= 11 is 6.44. The fraction of sp³-hybridized carbons (Fsp3) is 0.769. The van der Waals surface area contributed by atoms with Crippen LogP contribution in [0.4, 0.5) is 9.59 Å². The predicted molar refractivity (Wildman–Crippen MR) is 177 cm³/mol. The Hall–Kier alpha value is -2.05. The summed E-state index contributed by atoms with van der Waals surface area (Å²) in [6.07, 6.45) is 2.43. The molecule has 0 spiro atoms. The van der Waals surface area contributed by atoms with Gasteiger partial charge in [0.1, 0.15) is 6.23 Å². The summed E-state index contributed by atoms with van der Waals surface area (Å²) in [7, 11) is -0.901. The zero-order chi connectivity index (χ0) is 36.3. The summed E-state index contributed by atoms with van der Waals surface area (Å²) in [5.74, 6) is 0. The van der Waals surface area contributed by atoms with Gasteiger partial charge in [0.05, 0.1) is 24.9 Å². The highest BCUT2D eigenvalue weighted by molar-refractivity contribution is 8.59. The maximum atomic E-state index is 12.9. The van der Waals surface area contributed by atoms with Gasteiger partial charge in [-0.1, -0.05) is 33.8 Å². The maximum absolute atomic E-state index is 12.9. The molecular formula is C26H56N3O13PS2. The van der Waals surface area contributed by atoms with Crippen LogP contribution in [-0.4, -0.2) is 88.9 Å². The molecule has 0 aromatic heterocycles. The quantitative estimate of drug-likeness (QED) is 0.0418. The number of imide groups is 1. The van der Waals surface area contributed by atoms with E-state index < -0.39 is 45.9 Å². The molecule has 1 saturated heterocycles. The number of hydrogen-bond acceptors (Lipinski definition) is 17. The molecule has 2 atom stereocenters. The largest absolute Gasteiger partial charge is 0.510 e. The van der Waals surface area contributed by atoms with Crippen LogP contribution in [0.25, 0.3) is 0 Å². The number of carbonyl (C=O) groups excluding carboxylic acids is 4. The van der Waals surface area contributed by atoms with Crippen molar-refractivity contribution in [2.24, 2.45) is 5.73 Å². The molecule has 1 aliphatic rings. The number of carbonyl (C=O) groups is 4. The lowest BCUT2D eigenvalue weighted by molar-refractivity contribution is -0.117. The second-order valence-electron chi connectivity index (χ2n) is 7.70. The summed E-state index contributed by atoms with van der Waals surface area (Å²) in [6, 6.07) is 0. The Balaban J connectivity index is -0.000000354. The molecule has 1 aliphatic heterocycles. The van der Waals surface area contributed by atoms with Crippen molar-refractivity contribution in [3.8, 4) is 0 Å². The highest BCUT2D eigenvalue weighted by atomic mass is 33.1. The van der Waals surface area contributed by atoms with Crippen molar-refractivity contribution < 1.29 is 61.0 Å². The Morgan fingerprint density at radius 1 is 0.911 bits per heavy atom. The summed E-state index contributed by atoms with van der Waals surface area (Å²) in [5, 5.41) is 1.75. The Bertz CT molecular complexity index is 744. The average Bonchev–Trinajstić information content (AvgIpc) is 3.50. The number of allylic oxidation sites excluding steroid dienone is 1. The van der Waals surface area contributed by atoms with Crippen molar-refractivity contribution >= 4 is 56.3 Å². The molecule has 0 radical (unpaired) electrons. The molecule has 2 unspecified atom stereocenters. The minimum Gasteiger partial charge on any atom is -0.432 e. The van der Waals surface area contributed by atoms with Crippen LogP contribution >= 0.6 is 31.1 Å². The van der Waals surface area contributed by atoms with Gasteiger partial charge in [-0.2, -0.15) is 0 Å². The first kappa shape index (κ1) is 52.5. The zero-order valence-corrected chi connectivity index (χ0v) is 31.0. The van der Waals surface area contributed by atoms with E-state index >= 15 is 0 Å². The van der Waals surface area contributed by atoms with Gasteiger partial charge in [0.2, 0.25) is 26.4 Å². The third-order valence-corrected chi connectivity index (χ3v) is 5.23. The van der Waals surface area contributed by atoms with E-state index in [9.17, 15) is 14.2 Å². The number of ether oxygens (including phenoxy) is 5. The number of phosphoric acid groups is 1. The van der Waals surface area contributed by atoms with Gasteiger partial charge < -0.3 is 39.6 Å². The highest BCUT2D eigenvalue weighted by Gasteiger charge is 2.34. The number of nitrogens with one attached hydrogen (secondary N) is 1. The first-order valence-electron chi connectivity index (χ1n) is 14.1. The molecule has 16 nitrogen and oxygen atoms in total. The minimum atomic E-state index is -4.28. The molecule has 0 aromatic carbocycles. The Labute approximate surface area is 279 Å².